The highest BCUT2D eigenvalue weighted by Crippen LogP contribution is 2.23. The van der Waals surface area contributed by atoms with Crippen LogP contribution in [0.5, 0.6) is 0 Å². The molecule has 0 spiro atoms. The summed E-state index contributed by atoms with van der Waals surface area (Å²) in [4.78, 5) is 28.8. The zero-order chi connectivity index (χ0) is 18.0. The van der Waals surface area contributed by atoms with E-state index >= 15 is 0 Å². The molecule has 2 heterocycles. The molecule has 0 bridgehead atoms. The van der Waals surface area contributed by atoms with Gasteiger partial charge in [-0.1, -0.05) is 23.2 Å². The molecule has 144 valence electrons. The van der Waals surface area contributed by atoms with Gasteiger partial charge in [-0.05, 0) is 25.1 Å². The van der Waals surface area contributed by atoms with E-state index in [0.29, 0.717) is 54.9 Å². The Morgan fingerprint density at radius 1 is 1.15 bits per heavy atom. The summed E-state index contributed by atoms with van der Waals surface area (Å²) in [5, 5.41) is 4.05. The maximum absolute atomic E-state index is 12.6. The monoisotopic (exact) mass is 421 g/mol. The van der Waals surface area contributed by atoms with Gasteiger partial charge in [0.25, 0.3) is 5.91 Å². The van der Waals surface area contributed by atoms with Crippen LogP contribution in [0.1, 0.15) is 17.3 Å². The molecule has 9 heteroatoms. The summed E-state index contributed by atoms with van der Waals surface area (Å²) in [5.74, 6) is -0.106. The lowest BCUT2D eigenvalue weighted by Gasteiger charge is -2.38. The number of halogens is 3. The van der Waals surface area contributed by atoms with Crippen molar-refractivity contribution in [1.82, 2.24) is 15.1 Å². The number of ether oxygens (including phenoxy) is 1. The Morgan fingerprint density at radius 3 is 2.42 bits per heavy atom. The number of carbonyl (C=O) groups is 2. The molecule has 0 unspecified atom stereocenters. The van der Waals surface area contributed by atoms with Gasteiger partial charge < -0.3 is 19.9 Å². The van der Waals surface area contributed by atoms with E-state index in [1.807, 2.05) is 6.92 Å². The molecule has 2 amide bonds. The molecule has 26 heavy (non-hydrogen) atoms. The number of hydrogen-bond acceptors (Lipinski definition) is 4. The molecule has 2 saturated heterocycles. The highest BCUT2D eigenvalue weighted by molar-refractivity contribution is 6.36. The summed E-state index contributed by atoms with van der Waals surface area (Å²) < 4.78 is 5.54. The van der Waals surface area contributed by atoms with Crippen LogP contribution in [0, 0.1) is 0 Å². The zero-order valence-electron chi connectivity index (χ0n) is 14.4. The van der Waals surface area contributed by atoms with Crippen LogP contribution in [-0.4, -0.2) is 73.1 Å². The third-order valence-electron chi connectivity index (χ3n) is 4.62. The standard InChI is InChI=1S/C17H21Cl2N3O3.ClH/c1-11-15(20-4-9-25-11)17(24)22-7-5-21(6-8-22)16(23)13-3-2-12(18)10-14(13)19;/h2-3,10-11,15,20H,4-9H2,1H3;1H/t11-,15+;/m1./s1. The minimum absolute atomic E-state index is 0. The second kappa shape index (κ2) is 9.24. The van der Waals surface area contributed by atoms with Crippen LogP contribution in [-0.2, 0) is 9.53 Å². The fraction of sp³-hybridized carbons (Fsp3) is 0.529. The number of hydrogen-bond donors (Lipinski definition) is 1. The van der Waals surface area contributed by atoms with Gasteiger partial charge in [0.15, 0.2) is 0 Å². The maximum atomic E-state index is 12.6. The summed E-state index contributed by atoms with van der Waals surface area (Å²) in [6.07, 6.45) is -0.145. The Hall–Kier alpha value is -1.05. The van der Waals surface area contributed by atoms with Gasteiger partial charge in [-0.15, -0.1) is 12.4 Å². The first-order valence-electron chi connectivity index (χ1n) is 8.35. The van der Waals surface area contributed by atoms with Crippen LogP contribution in [0.25, 0.3) is 0 Å². The molecule has 2 fully saturated rings. The number of piperazine rings is 1. The van der Waals surface area contributed by atoms with Crippen molar-refractivity contribution in [3.8, 4) is 0 Å². The first kappa shape index (κ1) is 21.3. The number of nitrogens with zero attached hydrogens (tertiary/aromatic N) is 2. The van der Waals surface area contributed by atoms with Crippen molar-refractivity contribution in [2.24, 2.45) is 0 Å². The Labute approximate surface area is 169 Å². The van der Waals surface area contributed by atoms with Crippen molar-refractivity contribution in [2.45, 2.75) is 19.1 Å². The number of carbonyl (C=O) groups excluding carboxylic acids is 2. The molecule has 3 rings (SSSR count). The fourth-order valence-corrected chi connectivity index (χ4v) is 3.66. The Kier molecular flexibility index (Phi) is 7.55. The van der Waals surface area contributed by atoms with Crippen molar-refractivity contribution in [1.29, 1.82) is 0 Å². The molecule has 6 nitrogen and oxygen atoms in total. The average Bonchev–Trinajstić information content (AvgIpc) is 2.61. The van der Waals surface area contributed by atoms with Gasteiger partial charge >= 0.3 is 0 Å². The first-order valence-corrected chi connectivity index (χ1v) is 9.11. The van der Waals surface area contributed by atoms with E-state index in [2.05, 4.69) is 5.32 Å². The molecule has 1 aromatic carbocycles. The third kappa shape index (κ3) is 4.61. The molecule has 2 aliphatic heterocycles. The van der Waals surface area contributed by atoms with Gasteiger partial charge in [0.05, 0.1) is 23.3 Å². The Morgan fingerprint density at radius 2 is 1.81 bits per heavy atom. The number of nitrogens with one attached hydrogen (secondary N) is 1. The second-order valence-corrected chi connectivity index (χ2v) is 7.09. The predicted octanol–water partition coefficient (Wildman–Crippen LogP) is 2.08. The van der Waals surface area contributed by atoms with Gasteiger partial charge in [-0.25, -0.2) is 0 Å². The highest BCUT2D eigenvalue weighted by atomic mass is 35.5. The smallest absolute Gasteiger partial charge is 0.255 e. The summed E-state index contributed by atoms with van der Waals surface area (Å²) >= 11 is 12.0. The van der Waals surface area contributed by atoms with Crippen LogP contribution in [0.4, 0.5) is 0 Å². The number of rotatable bonds is 2. The van der Waals surface area contributed by atoms with Crippen LogP contribution >= 0.6 is 35.6 Å². The van der Waals surface area contributed by atoms with Crippen molar-refractivity contribution in [3.05, 3.63) is 33.8 Å². The minimum Gasteiger partial charge on any atom is -0.375 e. The normalized spacial score (nSPS) is 23.3. The molecule has 1 N–H and O–H groups in total. The van der Waals surface area contributed by atoms with E-state index in [1.54, 1.807) is 28.0 Å². The molecule has 2 aliphatic rings. The van der Waals surface area contributed by atoms with Crippen molar-refractivity contribution < 1.29 is 14.3 Å². The molecular weight excluding hydrogens is 401 g/mol. The van der Waals surface area contributed by atoms with E-state index < -0.39 is 0 Å². The quantitative estimate of drug-likeness (QED) is 0.793. The molecule has 0 aromatic heterocycles. The summed E-state index contributed by atoms with van der Waals surface area (Å²) in [6.45, 7) is 5.15. The van der Waals surface area contributed by atoms with Gasteiger partial charge in [0.2, 0.25) is 5.91 Å². The SMILES string of the molecule is C[C@H]1OCCN[C@@H]1C(=O)N1CCN(C(=O)c2ccc(Cl)cc2Cl)CC1.Cl. The summed E-state index contributed by atoms with van der Waals surface area (Å²) in [6, 6.07) is 4.53. The van der Waals surface area contributed by atoms with E-state index in [4.69, 9.17) is 27.9 Å². The molecule has 0 saturated carbocycles. The van der Waals surface area contributed by atoms with E-state index in [-0.39, 0.29) is 36.4 Å². The highest BCUT2D eigenvalue weighted by Gasteiger charge is 2.34. The lowest BCUT2D eigenvalue weighted by Crippen LogP contribution is -2.60. The van der Waals surface area contributed by atoms with Gasteiger partial charge in [-0.2, -0.15) is 0 Å². The van der Waals surface area contributed by atoms with Crippen LogP contribution in [0.2, 0.25) is 10.0 Å². The molecule has 2 atom stereocenters. The molecule has 0 radical (unpaired) electrons. The average molecular weight is 423 g/mol. The first-order chi connectivity index (χ1) is 12.0. The van der Waals surface area contributed by atoms with E-state index in [0.717, 1.165) is 0 Å². The van der Waals surface area contributed by atoms with Crippen LogP contribution in [0.15, 0.2) is 18.2 Å². The maximum Gasteiger partial charge on any atom is 0.255 e. The van der Waals surface area contributed by atoms with E-state index in [1.165, 1.54) is 0 Å². The summed E-state index contributed by atoms with van der Waals surface area (Å²) in [5.41, 5.74) is 0.432. The zero-order valence-corrected chi connectivity index (χ0v) is 16.7. The van der Waals surface area contributed by atoms with Crippen molar-refractivity contribution in [2.75, 3.05) is 39.3 Å². The molecule has 1 aromatic rings. The fourth-order valence-electron chi connectivity index (χ4n) is 3.17. The van der Waals surface area contributed by atoms with Crippen molar-refractivity contribution in [3.63, 3.8) is 0 Å². The Balaban J connectivity index is 0.00000243. The van der Waals surface area contributed by atoms with Gasteiger partial charge in [0.1, 0.15) is 6.04 Å². The van der Waals surface area contributed by atoms with Crippen LogP contribution < -0.4 is 5.32 Å². The minimum atomic E-state index is -0.318. The number of benzene rings is 1. The van der Waals surface area contributed by atoms with Crippen LogP contribution in [0.3, 0.4) is 0 Å². The largest absolute Gasteiger partial charge is 0.375 e. The Bertz CT molecular complexity index is 666. The predicted molar refractivity (Wildman–Crippen MR) is 103 cm³/mol. The lowest BCUT2D eigenvalue weighted by atomic mass is 10.1. The topological polar surface area (TPSA) is 61.9 Å². The summed E-state index contributed by atoms with van der Waals surface area (Å²) in [7, 11) is 0. The van der Waals surface area contributed by atoms with Gasteiger partial charge in [-0.3, -0.25) is 9.59 Å². The second-order valence-electron chi connectivity index (χ2n) is 6.25. The van der Waals surface area contributed by atoms with Gasteiger partial charge in [0, 0.05) is 37.7 Å². The molecule has 0 aliphatic carbocycles. The lowest BCUT2D eigenvalue weighted by molar-refractivity contribution is -0.140. The molecular formula is C17H22Cl3N3O3. The number of amides is 2. The van der Waals surface area contributed by atoms with E-state index in [9.17, 15) is 9.59 Å². The third-order valence-corrected chi connectivity index (χ3v) is 5.17. The number of morpholine rings is 1. The van der Waals surface area contributed by atoms with Crippen molar-refractivity contribution >= 4 is 47.4 Å².